The average Bonchev–Trinajstić information content (AvgIpc) is 3.28. The molecule has 4 nitrogen and oxygen atoms in total. The Morgan fingerprint density at radius 2 is 1.94 bits per heavy atom. The molecule has 2 aromatic carbocycles. The fourth-order valence-electron chi connectivity index (χ4n) is 5.58. The second-order valence-corrected chi connectivity index (χ2v) is 11.2. The van der Waals surface area contributed by atoms with Crippen LogP contribution in [0.1, 0.15) is 48.8 Å². The third-order valence-corrected chi connectivity index (χ3v) is 7.52. The molecule has 0 radical (unpaired) electrons. The van der Waals surface area contributed by atoms with Crippen molar-refractivity contribution < 1.29 is 5.11 Å². The zero-order valence-corrected chi connectivity index (χ0v) is 20.8. The number of benzene rings is 2. The molecule has 0 spiro atoms. The van der Waals surface area contributed by atoms with Gasteiger partial charge in [-0.05, 0) is 92.5 Å². The molecule has 2 atom stereocenters. The molecule has 1 aliphatic heterocycles. The van der Waals surface area contributed by atoms with Crippen LogP contribution in [0.3, 0.4) is 0 Å². The average molecular weight is 494 g/mol. The molecule has 1 saturated heterocycles. The summed E-state index contributed by atoms with van der Waals surface area (Å²) in [5.74, 6) is 1.40. The molecule has 0 saturated carbocycles. The molecule has 0 amide bonds. The van der Waals surface area contributed by atoms with E-state index < -0.39 is 5.60 Å². The second-order valence-electron chi connectivity index (χ2n) is 10.2. The molecular weight excluding hydrogens is 462 g/mol. The summed E-state index contributed by atoms with van der Waals surface area (Å²) >= 11 is 3.61. The minimum absolute atomic E-state index is 0.164. The molecular formula is C27H32BrN3O. The Morgan fingerprint density at radius 1 is 1.16 bits per heavy atom. The van der Waals surface area contributed by atoms with E-state index in [-0.39, 0.29) is 6.04 Å². The van der Waals surface area contributed by atoms with Crippen LogP contribution >= 0.6 is 15.9 Å². The maximum atomic E-state index is 10.9. The van der Waals surface area contributed by atoms with Gasteiger partial charge in [-0.25, -0.2) is 4.98 Å². The van der Waals surface area contributed by atoms with Gasteiger partial charge in [0, 0.05) is 24.1 Å². The van der Waals surface area contributed by atoms with E-state index in [1.165, 1.54) is 33.2 Å². The predicted octanol–water partition coefficient (Wildman–Crippen LogP) is 5.55. The highest BCUT2D eigenvalue weighted by atomic mass is 79.9. The molecule has 1 aromatic heterocycles. The summed E-state index contributed by atoms with van der Waals surface area (Å²) in [7, 11) is 0. The van der Waals surface area contributed by atoms with Crippen LogP contribution in [0.4, 0.5) is 0 Å². The molecule has 32 heavy (non-hydrogen) atoms. The predicted molar refractivity (Wildman–Crippen MR) is 134 cm³/mol. The summed E-state index contributed by atoms with van der Waals surface area (Å²) in [6.07, 6.45) is 3.32. The van der Waals surface area contributed by atoms with Crippen molar-refractivity contribution in [2.24, 2.45) is 5.92 Å². The largest absolute Gasteiger partial charge is 0.383 e. The molecule has 1 aliphatic carbocycles. The van der Waals surface area contributed by atoms with Crippen LogP contribution in [0, 0.1) is 12.8 Å². The Hall–Kier alpha value is -1.95. The van der Waals surface area contributed by atoms with Crippen LogP contribution < -0.4 is 0 Å². The monoisotopic (exact) mass is 493 g/mol. The number of halogens is 1. The van der Waals surface area contributed by atoms with Crippen molar-refractivity contribution in [1.82, 2.24) is 14.5 Å². The lowest BCUT2D eigenvalue weighted by Crippen LogP contribution is -2.40. The summed E-state index contributed by atoms with van der Waals surface area (Å²) in [6.45, 7) is 13.3. The van der Waals surface area contributed by atoms with Gasteiger partial charge >= 0.3 is 0 Å². The number of aryl methyl sites for hydroxylation is 1. The first-order chi connectivity index (χ1) is 15.2. The molecule has 2 heterocycles. The van der Waals surface area contributed by atoms with Crippen molar-refractivity contribution in [3.63, 3.8) is 0 Å². The van der Waals surface area contributed by atoms with E-state index in [0.717, 1.165) is 49.3 Å². The highest BCUT2D eigenvalue weighted by Gasteiger charge is 2.33. The van der Waals surface area contributed by atoms with Gasteiger partial charge in [-0.2, -0.15) is 0 Å². The van der Waals surface area contributed by atoms with Gasteiger partial charge in [0.15, 0.2) is 0 Å². The Balaban J connectivity index is 1.34. The van der Waals surface area contributed by atoms with Gasteiger partial charge in [0.2, 0.25) is 0 Å². The summed E-state index contributed by atoms with van der Waals surface area (Å²) < 4.78 is 3.42. The zero-order chi connectivity index (χ0) is 22.6. The Bertz CT molecular complexity index is 1190. The number of piperidine rings is 1. The van der Waals surface area contributed by atoms with Gasteiger partial charge in [0.05, 0.1) is 17.1 Å². The molecule has 2 aliphatic rings. The smallest absolute Gasteiger partial charge is 0.141 e. The number of hydrogen-bond donors (Lipinski definition) is 1. The number of aliphatic hydroxyl groups is 1. The summed E-state index contributed by atoms with van der Waals surface area (Å²) in [6, 6.07) is 13.3. The second kappa shape index (κ2) is 8.12. The van der Waals surface area contributed by atoms with Gasteiger partial charge in [-0.15, -0.1) is 0 Å². The van der Waals surface area contributed by atoms with E-state index in [0.29, 0.717) is 5.92 Å². The quantitative estimate of drug-likeness (QED) is 0.484. The molecule has 5 rings (SSSR count). The van der Waals surface area contributed by atoms with Crippen LogP contribution in [-0.4, -0.2) is 39.2 Å². The number of aromatic nitrogens is 2. The number of likely N-dealkylation sites (tertiary alicyclic amines) is 1. The van der Waals surface area contributed by atoms with Gasteiger partial charge in [0.1, 0.15) is 11.4 Å². The van der Waals surface area contributed by atoms with Gasteiger partial charge < -0.3 is 9.67 Å². The minimum atomic E-state index is -1.01. The third-order valence-electron chi connectivity index (χ3n) is 7.02. The van der Waals surface area contributed by atoms with E-state index in [4.69, 9.17) is 4.98 Å². The van der Waals surface area contributed by atoms with Crippen molar-refractivity contribution in [3.8, 4) is 0 Å². The Kier molecular flexibility index (Phi) is 5.55. The first-order valence-corrected chi connectivity index (χ1v) is 12.4. The van der Waals surface area contributed by atoms with Crippen molar-refractivity contribution in [1.29, 1.82) is 0 Å². The highest BCUT2D eigenvalue weighted by Crippen LogP contribution is 2.36. The van der Waals surface area contributed by atoms with Crippen molar-refractivity contribution in [2.75, 3.05) is 19.6 Å². The van der Waals surface area contributed by atoms with Gasteiger partial charge in [-0.3, -0.25) is 4.90 Å². The molecule has 1 fully saturated rings. The van der Waals surface area contributed by atoms with Crippen LogP contribution in [0.2, 0.25) is 0 Å². The first kappa shape index (κ1) is 21.9. The van der Waals surface area contributed by atoms with Crippen molar-refractivity contribution >= 4 is 27.0 Å². The molecule has 5 heteroatoms. The Labute approximate surface area is 199 Å². The number of fused-ring (bicyclic) bond motifs is 2. The van der Waals surface area contributed by atoms with E-state index in [1.54, 1.807) is 0 Å². The van der Waals surface area contributed by atoms with Crippen LogP contribution in [0.15, 0.2) is 53.0 Å². The molecule has 1 N–H and O–H groups in total. The van der Waals surface area contributed by atoms with Crippen LogP contribution in [0.5, 0.6) is 0 Å². The third kappa shape index (κ3) is 4.07. The van der Waals surface area contributed by atoms with Crippen LogP contribution in [-0.2, 0) is 18.4 Å². The summed E-state index contributed by atoms with van der Waals surface area (Å²) in [4.78, 5) is 7.41. The number of rotatable bonds is 4. The fourth-order valence-corrected chi connectivity index (χ4v) is 5.98. The summed E-state index contributed by atoms with van der Waals surface area (Å²) in [5.41, 5.74) is 6.42. The lowest BCUT2D eigenvalue weighted by Gasteiger charge is -2.37. The Morgan fingerprint density at radius 3 is 2.69 bits per heavy atom. The van der Waals surface area contributed by atoms with E-state index >= 15 is 0 Å². The van der Waals surface area contributed by atoms with E-state index in [2.05, 4.69) is 75.3 Å². The molecule has 0 unspecified atom stereocenters. The first-order valence-electron chi connectivity index (χ1n) is 11.6. The SMILES string of the molecule is C=C1CN(C[C@H]2Cc3ccc(Br)cc3C2)CC[C@H]1n1c(C(C)(C)O)nc2cc(C)ccc21. The van der Waals surface area contributed by atoms with Crippen molar-refractivity contribution in [2.45, 2.75) is 51.7 Å². The molecule has 3 aromatic rings. The normalized spacial score (nSPS) is 22.0. The number of nitrogens with zero attached hydrogens (tertiary/aromatic N) is 3. The minimum Gasteiger partial charge on any atom is -0.383 e. The fraction of sp³-hybridized carbons (Fsp3) is 0.444. The van der Waals surface area contributed by atoms with Gasteiger partial charge in [-0.1, -0.05) is 34.6 Å². The number of hydrogen-bond acceptors (Lipinski definition) is 3. The maximum Gasteiger partial charge on any atom is 0.141 e. The van der Waals surface area contributed by atoms with Crippen LogP contribution in [0.25, 0.3) is 11.0 Å². The van der Waals surface area contributed by atoms with E-state index in [1.807, 2.05) is 13.8 Å². The van der Waals surface area contributed by atoms with E-state index in [9.17, 15) is 5.11 Å². The zero-order valence-electron chi connectivity index (χ0n) is 19.2. The molecule has 0 bridgehead atoms. The van der Waals surface area contributed by atoms with Crippen molar-refractivity contribution in [3.05, 3.63) is 75.5 Å². The standard InChI is InChI=1S/C27H32BrN3O/c1-17-5-8-25-23(11-17)29-26(27(3,4)32)31(25)24-9-10-30(15-18(24)2)16-19-12-20-6-7-22(28)14-21(20)13-19/h5-8,11,14,19,24,32H,2,9-10,12-13,15-16H2,1,3-4H3/t19-,24+/m0/s1. The lowest BCUT2D eigenvalue weighted by atomic mass is 9.96. The maximum absolute atomic E-state index is 10.9. The highest BCUT2D eigenvalue weighted by molar-refractivity contribution is 9.10. The lowest BCUT2D eigenvalue weighted by molar-refractivity contribution is 0.0628. The molecule has 168 valence electrons. The van der Waals surface area contributed by atoms with Gasteiger partial charge in [0.25, 0.3) is 0 Å². The topological polar surface area (TPSA) is 41.3 Å². The summed E-state index contributed by atoms with van der Waals surface area (Å²) in [5, 5.41) is 10.9. The number of imidazole rings is 1.